The number of hydrogen-bond donors (Lipinski definition) is 0. The molecule has 0 radical (unpaired) electrons. The number of para-hydroxylation sites is 1. The van der Waals surface area contributed by atoms with Crippen LogP contribution in [0.2, 0.25) is 0 Å². The minimum atomic E-state index is -1.03. The van der Waals surface area contributed by atoms with Crippen LogP contribution in [0.4, 0.5) is 4.39 Å². The van der Waals surface area contributed by atoms with Crippen LogP contribution < -0.4 is 4.74 Å². The maximum absolute atomic E-state index is 14.5. The van der Waals surface area contributed by atoms with Crippen LogP contribution in [-0.4, -0.2) is 9.97 Å². The summed E-state index contributed by atoms with van der Waals surface area (Å²) in [6, 6.07) is 51.0. The van der Waals surface area contributed by atoms with Gasteiger partial charge in [0.15, 0.2) is 11.4 Å². The van der Waals surface area contributed by atoms with E-state index in [1.54, 1.807) is 0 Å². The van der Waals surface area contributed by atoms with Crippen LogP contribution in [0.3, 0.4) is 0 Å². The van der Waals surface area contributed by atoms with E-state index in [4.69, 9.17) is 14.7 Å². The summed E-state index contributed by atoms with van der Waals surface area (Å²) in [4.78, 5) is 10.1. The molecule has 1 aromatic heterocycles. The Hall–Kier alpha value is -6.39. The fraction of sp³-hybridized carbons (Fsp3) is 0.120. The van der Waals surface area contributed by atoms with Crippen LogP contribution in [0.5, 0.6) is 5.75 Å². The molecule has 3 nitrogen and oxygen atoms in total. The van der Waals surface area contributed by atoms with Gasteiger partial charge in [-0.2, -0.15) is 0 Å². The lowest BCUT2D eigenvalue weighted by atomic mass is 9.71. The van der Waals surface area contributed by atoms with Gasteiger partial charge in [0, 0.05) is 44.0 Å². The van der Waals surface area contributed by atoms with Crippen LogP contribution in [0.25, 0.3) is 61.5 Å². The number of nitrogens with zero attached hydrogens (tertiary/aromatic N) is 2. The molecule has 54 heavy (non-hydrogen) atoms. The summed E-state index contributed by atoms with van der Waals surface area (Å²) in [5.41, 5.74) is 10.8. The third-order valence-corrected chi connectivity index (χ3v) is 11.8. The van der Waals surface area contributed by atoms with Crippen molar-refractivity contribution in [3.05, 3.63) is 191 Å². The monoisotopic (exact) mass is 700 g/mol. The molecule has 1 aliphatic carbocycles. The summed E-state index contributed by atoms with van der Waals surface area (Å²) >= 11 is 0. The number of rotatable bonds is 6. The van der Waals surface area contributed by atoms with Crippen molar-refractivity contribution in [3.63, 3.8) is 0 Å². The first kappa shape index (κ1) is 32.3. The largest absolute Gasteiger partial charge is 0.472 e. The Balaban J connectivity index is 1.16. The number of aromatic nitrogens is 2. The second-order valence-corrected chi connectivity index (χ2v) is 14.4. The molecule has 260 valence electrons. The van der Waals surface area contributed by atoms with Crippen molar-refractivity contribution >= 4 is 27.8 Å². The van der Waals surface area contributed by atoms with E-state index in [2.05, 4.69) is 117 Å². The Morgan fingerprint density at radius 3 is 1.96 bits per heavy atom. The first-order valence-corrected chi connectivity index (χ1v) is 18.8. The van der Waals surface area contributed by atoms with Gasteiger partial charge < -0.3 is 4.74 Å². The van der Waals surface area contributed by atoms with Crippen LogP contribution in [0, 0.1) is 5.82 Å². The van der Waals surface area contributed by atoms with E-state index in [-0.39, 0.29) is 11.2 Å². The third kappa shape index (κ3) is 4.66. The van der Waals surface area contributed by atoms with Gasteiger partial charge in [-0.3, -0.25) is 0 Å². The lowest BCUT2D eigenvalue weighted by molar-refractivity contribution is 0.163. The molecule has 1 atom stereocenters. The Morgan fingerprint density at radius 1 is 0.593 bits per heavy atom. The SMILES string of the molecule is CCC1(CC)c2ccccc2-c2c1c1c(c3ccccc23)OC(c2ccc(F)cc2)(c2ccc(-c3nc(-c4ccccc4)c4ccccc4n3)cc2)C=C1. The number of ether oxygens (including phenoxy) is 1. The van der Waals surface area contributed by atoms with Crippen molar-refractivity contribution in [2.45, 2.75) is 37.7 Å². The normalized spacial score (nSPS) is 16.5. The van der Waals surface area contributed by atoms with Crippen molar-refractivity contribution in [2.24, 2.45) is 0 Å². The van der Waals surface area contributed by atoms with E-state index in [0.29, 0.717) is 5.82 Å². The zero-order chi connectivity index (χ0) is 36.4. The molecule has 4 heteroatoms. The highest BCUT2D eigenvalue weighted by Gasteiger charge is 2.46. The molecule has 1 aliphatic heterocycles. The minimum absolute atomic E-state index is 0.149. The molecule has 0 spiro atoms. The molecule has 2 heterocycles. The lowest BCUT2D eigenvalue weighted by Crippen LogP contribution is -2.35. The average molecular weight is 701 g/mol. The van der Waals surface area contributed by atoms with E-state index in [0.717, 1.165) is 68.4 Å². The van der Waals surface area contributed by atoms with Gasteiger partial charge in [0.1, 0.15) is 11.6 Å². The molecular weight excluding hydrogens is 664 g/mol. The van der Waals surface area contributed by atoms with Gasteiger partial charge in [-0.25, -0.2) is 14.4 Å². The van der Waals surface area contributed by atoms with Gasteiger partial charge in [-0.1, -0.05) is 153 Å². The van der Waals surface area contributed by atoms with Gasteiger partial charge in [0.05, 0.1) is 11.2 Å². The second kappa shape index (κ2) is 12.3. The summed E-state index contributed by atoms with van der Waals surface area (Å²) in [6.45, 7) is 4.60. The Kier molecular flexibility index (Phi) is 7.38. The molecule has 1 unspecified atom stereocenters. The maximum atomic E-state index is 14.5. The molecule has 0 bridgehead atoms. The maximum Gasteiger partial charge on any atom is 0.178 e. The minimum Gasteiger partial charge on any atom is -0.472 e. The standard InChI is InChI=1S/C50H37FN2O/c1-3-49(4-2)42-20-12-10-18-39(42)44-37-16-8-9-17-38(37)47-41(45(44)49)30-31-50(54-47,35-26-28-36(51)29-27-35)34-24-22-33(23-25-34)48-52-43-21-13-11-19-40(43)46(53-48)32-14-6-5-7-15-32/h5-31H,3-4H2,1-2H3. The summed E-state index contributed by atoms with van der Waals surface area (Å²) < 4.78 is 22.0. The predicted octanol–water partition coefficient (Wildman–Crippen LogP) is 12.7. The van der Waals surface area contributed by atoms with Gasteiger partial charge in [0.2, 0.25) is 0 Å². The van der Waals surface area contributed by atoms with Crippen LogP contribution in [0.15, 0.2) is 158 Å². The van der Waals surface area contributed by atoms with Gasteiger partial charge in [0.25, 0.3) is 0 Å². The molecular formula is C50H37FN2O. The van der Waals surface area contributed by atoms with Crippen molar-refractivity contribution in [2.75, 3.05) is 0 Å². The molecule has 0 fully saturated rings. The zero-order valence-electron chi connectivity index (χ0n) is 30.2. The Bertz CT molecular complexity index is 2770. The highest BCUT2D eigenvalue weighted by atomic mass is 19.1. The highest BCUT2D eigenvalue weighted by Crippen LogP contribution is 2.60. The van der Waals surface area contributed by atoms with Crippen molar-refractivity contribution in [3.8, 4) is 39.5 Å². The van der Waals surface area contributed by atoms with Gasteiger partial charge in [-0.15, -0.1) is 0 Å². The van der Waals surface area contributed by atoms with E-state index < -0.39 is 5.60 Å². The third-order valence-electron chi connectivity index (χ3n) is 11.8. The highest BCUT2D eigenvalue weighted by molar-refractivity contribution is 6.08. The predicted molar refractivity (Wildman–Crippen MR) is 218 cm³/mol. The fourth-order valence-corrected chi connectivity index (χ4v) is 9.17. The first-order chi connectivity index (χ1) is 26.5. The Morgan fingerprint density at radius 2 is 1.22 bits per heavy atom. The zero-order valence-corrected chi connectivity index (χ0v) is 30.2. The topological polar surface area (TPSA) is 35.0 Å². The quantitative estimate of drug-likeness (QED) is 0.173. The van der Waals surface area contributed by atoms with E-state index in [1.807, 2.05) is 48.5 Å². The molecule has 7 aromatic carbocycles. The van der Waals surface area contributed by atoms with E-state index >= 15 is 0 Å². The van der Waals surface area contributed by atoms with Crippen LogP contribution >= 0.6 is 0 Å². The lowest BCUT2D eigenvalue weighted by Gasteiger charge is -2.39. The Labute approximate surface area is 314 Å². The molecule has 0 amide bonds. The second-order valence-electron chi connectivity index (χ2n) is 14.4. The molecule has 8 aromatic rings. The molecule has 0 N–H and O–H groups in total. The number of hydrogen-bond acceptors (Lipinski definition) is 3. The van der Waals surface area contributed by atoms with Gasteiger partial charge in [-0.05, 0) is 64.8 Å². The smallest absolute Gasteiger partial charge is 0.178 e. The van der Waals surface area contributed by atoms with Gasteiger partial charge >= 0.3 is 0 Å². The molecule has 0 saturated heterocycles. The summed E-state index contributed by atoms with van der Waals surface area (Å²) in [5, 5.41) is 3.26. The molecule has 10 rings (SSSR count). The number of fused-ring (bicyclic) bond motifs is 9. The van der Waals surface area contributed by atoms with Crippen molar-refractivity contribution < 1.29 is 9.13 Å². The first-order valence-electron chi connectivity index (χ1n) is 18.8. The molecule has 2 aliphatic rings. The van der Waals surface area contributed by atoms with Crippen molar-refractivity contribution in [1.29, 1.82) is 0 Å². The summed E-state index contributed by atoms with van der Waals surface area (Å²) in [6.07, 6.45) is 6.39. The number of halogens is 1. The van der Waals surface area contributed by atoms with Crippen molar-refractivity contribution in [1.82, 2.24) is 9.97 Å². The van der Waals surface area contributed by atoms with Crippen LogP contribution in [0.1, 0.15) is 54.5 Å². The van der Waals surface area contributed by atoms with Crippen LogP contribution in [-0.2, 0) is 11.0 Å². The summed E-state index contributed by atoms with van der Waals surface area (Å²) in [7, 11) is 0. The fourth-order valence-electron chi connectivity index (χ4n) is 9.17. The molecule has 0 saturated carbocycles. The van der Waals surface area contributed by atoms with E-state index in [1.165, 1.54) is 39.8 Å². The number of benzene rings is 7. The average Bonchev–Trinajstić information content (AvgIpc) is 3.54. The van der Waals surface area contributed by atoms with E-state index in [9.17, 15) is 4.39 Å². The summed E-state index contributed by atoms with van der Waals surface area (Å²) in [5.74, 6) is 1.21.